The minimum Gasteiger partial charge on any atom is -0.439 e. The predicted octanol–water partition coefficient (Wildman–Crippen LogP) is 5.66. The monoisotopic (exact) mass is 439 g/mol. The average Bonchev–Trinajstić information content (AvgIpc) is 3.57. The van der Waals surface area contributed by atoms with Crippen LogP contribution in [0.25, 0.3) is 11.3 Å². The van der Waals surface area contributed by atoms with Gasteiger partial charge < -0.3 is 9.84 Å². The van der Waals surface area contributed by atoms with Crippen LogP contribution in [0.5, 0.6) is 11.6 Å². The third-order valence-electron chi connectivity index (χ3n) is 5.65. The number of halogens is 1. The Bertz CT molecular complexity index is 984. The molecule has 1 heterocycles. The number of nitrogens with zero attached hydrogens (tertiary/aromatic N) is 3. The van der Waals surface area contributed by atoms with E-state index in [2.05, 4.69) is 24.0 Å². The van der Waals surface area contributed by atoms with E-state index in [1.165, 1.54) is 12.8 Å². The van der Waals surface area contributed by atoms with Crippen molar-refractivity contribution in [3.63, 3.8) is 0 Å². The van der Waals surface area contributed by atoms with Crippen LogP contribution < -0.4 is 4.74 Å². The minimum atomic E-state index is -0.317. The molecule has 0 radical (unpaired) electrons. The molecule has 1 saturated carbocycles. The maximum Gasteiger partial charge on any atom is 0.222 e. The highest BCUT2D eigenvalue weighted by Crippen LogP contribution is 2.37. The van der Waals surface area contributed by atoms with Crippen molar-refractivity contribution in [2.75, 3.05) is 6.54 Å². The van der Waals surface area contributed by atoms with Gasteiger partial charge in [0.1, 0.15) is 11.4 Å². The largest absolute Gasteiger partial charge is 0.439 e. The van der Waals surface area contributed by atoms with Crippen molar-refractivity contribution >= 4 is 11.6 Å². The van der Waals surface area contributed by atoms with Crippen molar-refractivity contribution in [3.05, 3.63) is 65.2 Å². The van der Waals surface area contributed by atoms with E-state index in [1.807, 2.05) is 49.5 Å². The number of ether oxygens (including phenoxy) is 1. The second kappa shape index (κ2) is 9.86. The van der Waals surface area contributed by atoms with E-state index in [0.29, 0.717) is 24.2 Å². The van der Waals surface area contributed by atoms with Crippen molar-refractivity contribution in [2.24, 2.45) is 7.05 Å². The lowest BCUT2D eigenvalue weighted by atomic mass is 10.1. The molecule has 0 saturated heterocycles. The lowest BCUT2D eigenvalue weighted by Crippen LogP contribution is -2.34. The van der Waals surface area contributed by atoms with Crippen LogP contribution in [0.2, 0.25) is 5.02 Å². The highest BCUT2D eigenvalue weighted by Gasteiger charge is 2.32. The van der Waals surface area contributed by atoms with Gasteiger partial charge >= 0.3 is 0 Å². The van der Waals surface area contributed by atoms with Gasteiger partial charge in [-0.15, -0.1) is 0 Å². The second-order valence-corrected chi connectivity index (χ2v) is 8.72. The van der Waals surface area contributed by atoms with Gasteiger partial charge in [-0.05, 0) is 43.5 Å². The van der Waals surface area contributed by atoms with Crippen molar-refractivity contribution in [1.29, 1.82) is 0 Å². The van der Waals surface area contributed by atoms with Crippen LogP contribution >= 0.6 is 11.6 Å². The zero-order chi connectivity index (χ0) is 21.8. The summed E-state index contributed by atoms with van der Waals surface area (Å²) in [5.74, 6) is 1.44. The number of aryl methyl sites for hydroxylation is 1. The summed E-state index contributed by atoms with van der Waals surface area (Å²) >= 11 is 6.04. The summed E-state index contributed by atoms with van der Waals surface area (Å²) in [6, 6.07) is 18.1. The number of aromatic nitrogens is 2. The molecule has 0 amide bonds. The van der Waals surface area contributed by atoms with Crippen molar-refractivity contribution in [2.45, 2.75) is 51.3 Å². The van der Waals surface area contributed by atoms with E-state index < -0.39 is 0 Å². The Hall–Kier alpha value is -2.34. The van der Waals surface area contributed by atoms with Gasteiger partial charge in [0.15, 0.2) is 0 Å². The summed E-state index contributed by atoms with van der Waals surface area (Å²) in [5.41, 5.74) is 3.02. The maximum absolute atomic E-state index is 10.5. The van der Waals surface area contributed by atoms with E-state index in [9.17, 15) is 5.11 Å². The van der Waals surface area contributed by atoms with Crippen LogP contribution in [0.3, 0.4) is 0 Å². The molecule has 1 N–H and O–H groups in total. The third kappa shape index (κ3) is 5.48. The fourth-order valence-electron chi connectivity index (χ4n) is 3.95. The molecule has 1 atom stereocenters. The summed E-state index contributed by atoms with van der Waals surface area (Å²) in [6.45, 7) is 3.46. The number of aliphatic hydroxyl groups excluding tert-OH is 1. The van der Waals surface area contributed by atoms with Crippen molar-refractivity contribution in [1.82, 2.24) is 14.7 Å². The number of hydrogen-bond acceptors (Lipinski definition) is 4. The minimum absolute atomic E-state index is 0.317. The first-order chi connectivity index (χ1) is 15.0. The molecule has 1 aliphatic rings. The van der Waals surface area contributed by atoms with E-state index in [-0.39, 0.29) is 6.10 Å². The number of aliphatic hydroxyl groups is 1. The zero-order valence-corrected chi connectivity index (χ0v) is 18.9. The van der Waals surface area contributed by atoms with E-state index in [1.54, 1.807) is 4.68 Å². The molecule has 5 nitrogen and oxygen atoms in total. The first kappa shape index (κ1) is 21.9. The number of rotatable bonds is 10. The molecular formula is C25H30ClN3O2. The molecule has 1 fully saturated rings. The lowest BCUT2D eigenvalue weighted by molar-refractivity contribution is 0.0963. The standard InChI is InChI=1S/C25H30ClN3O2/c1-3-7-21(30)16-29(20-12-13-20)17-23-24(18-8-5-4-6-9-18)27-28(2)25(23)31-22-14-10-19(26)11-15-22/h4-6,8-11,14-15,20-21,30H,3,7,12-13,16-17H2,1-2H3/t21-/m1/s1. The van der Waals surface area contributed by atoms with Crippen LogP contribution in [0.15, 0.2) is 54.6 Å². The van der Waals surface area contributed by atoms with Crippen LogP contribution in [-0.4, -0.2) is 38.5 Å². The Balaban J connectivity index is 1.69. The summed E-state index contributed by atoms with van der Waals surface area (Å²) in [4.78, 5) is 2.39. The fraction of sp³-hybridized carbons (Fsp3) is 0.400. The van der Waals surface area contributed by atoms with Gasteiger partial charge in [0, 0.05) is 36.8 Å². The molecule has 0 spiro atoms. The molecule has 1 aromatic heterocycles. The quantitative estimate of drug-likeness (QED) is 0.443. The Morgan fingerprint density at radius 3 is 2.52 bits per heavy atom. The van der Waals surface area contributed by atoms with Crippen LogP contribution in [0, 0.1) is 0 Å². The molecule has 164 valence electrons. The summed E-state index contributed by atoms with van der Waals surface area (Å²) in [5, 5.41) is 16.0. The number of hydrogen-bond donors (Lipinski definition) is 1. The molecule has 4 rings (SSSR count). The summed E-state index contributed by atoms with van der Waals surface area (Å²) < 4.78 is 8.11. The van der Waals surface area contributed by atoms with Gasteiger partial charge in [0.2, 0.25) is 5.88 Å². The molecule has 1 aliphatic carbocycles. The van der Waals surface area contributed by atoms with Crippen LogP contribution in [-0.2, 0) is 13.6 Å². The molecule has 0 unspecified atom stereocenters. The molecule has 0 aliphatic heterocycles. The fourth-order valence-corrected chi connectivity index (χ4v) is 4.07. The summed E-state index contributed by atoms with van der Waals surface area (Å²) in [6.07, 6.45) is 3.83. The van der Waals surface area contributed by atoms with E-state index >= 15 is 0 Å². The first-order valence-electron chi connectivity index (χ1n) is 11.0. The van der Waals surface area contributed by atoms with E-state index in [4.69, 9.17) is 21.4 Å². The molecule has 2 aromatic carbocycles. The predicted molar refractivity (Wildman–Crippen MR) is 125 cm³/mol. The Morgan fingerprint density at radius 2 is 1.87 bits per heavy atom. The summed E-state index contributed by atoms with van der Waals surface area (Å²) in [7, 11) is 1.91. The Labute approximate surface area is 189 Å². The average molecular weight is 440 g/mol. The lowest BCUT2D eigenvalue weighted by Gasteiger charge is -2.25. The second-order valence-electron chi connectivity index (χ2n) is 8.28. The molecule has 3 aromatic rings. The van der Waals surface area contributed by atoms with Crippen LogP contribution in [0.4, 0.5) is 0 Å². The first-order valence-corrected chi connectivity index (χ1v) is 11.4. The molecular weight excluding hydrogens is 410 g/mol. The SMILES string of the molecule is CCC[C@@H](O)CN(Cc1c(-c2ccccc2)nn(C)c1Oc1ccc(Cl)cc1)C1CC1. The number of benzene rings is 2. The van der Waals surface area contributed by atoms with Crippen molar-refractivity contribution < 1.29 is 9.84 Å². The zero-order valence-electron chi connectivity index (χ0n) is 18.2. The van der Waals surface area contributed by atoms with Gasteiger partial charge in [0.05, 0.1) is 11.7 Å². The van der Waals surface area contributed by atoms with Gasteiger partial charge in [-0.3, -0.25) is 4.90 Å². The van der Waals surface area contributed by atoms with Gasteiger partial charge in [-0.25, -0.2) is 4.68 Å². The smallest absolute Gasteiger partial charge is 0.222 e. The van der Waals surface area contributed by atoms with Gasteiger partial charge in [-0.2, -0.15) is 5.10 Å². The third-order valence-corrected chi connectivity index (χ3v) is 5.91. The molecule has 6 heteroatoms. The van der Waals surface area contributed by atoms with Crippen molar-refractivity contribution in [3.8, 4) is 22.9 Å². The molecule has 31 heavy (non-hydrogen) atoms. The highest BCUT2D eigenvalue weighted by molar-refractivity contribution is 6.30. The highest BCUT2D eigenvalue weighted by atomic mass is 35.5. The maximum atomic E-state index is 10.5. The Kier molecular flexibility index (Phi) is 6.96. The normalized spacial score (nSPS) is 14.7. The van der Waals surface area contributed by atoms with Gasteiger partial charge in [-0.1, -0.05) is 55.3 Å². The topological polar surface area (TPSA) is 50.5 Å². The Morgan fingerprint density at radius 1 is 1.16 bits per heavy atom. The van der Waals surface area contributed by atoms with E-state index in [0.717, 1.165) is 41.3 Å². The van der Waals surface area contributed by atoms with Crippen LogP contribution in [0.1, 0.15) is 38.2 Å². The molecule has 0 bridgehead atoms. The van der Waals surface area contributed by atoms with Gasteiger partial charge in [0.25, 0.3) is 0 Å².